The van der Waals surface area contributed by atoms with Gasteiger partial charge >= 0.3 is 0 Å². The van der Waals surface area contributed by atoms with Crippen molar-refractivity contribution in [3.63, 3.8) is 0 Å². The molecule has 0 bridgehead atoms. The number of carbonyl (C=O) groups excluding carboxylic acids is 1. The Morgan fingerprint density at radius 3 is 2.48 bits per heavy atom. The Kier molecular flexibility index (Phi) is 5.86. The fraction of sp³-hybridized carbons (Fsp3) is 0.208. The van der Waals surface area contributed by atoms with E-state index in [-0.39, 0.29) is 11.7 Å². The van der Waals surface area contributed by atoms with Crippen LogP contribution in [-0.2, 0) is 4.79 Å². The van der Waals surface area contributed by atoms with Crippen LogP contribution in [0.5, 0.6) is 5.75 Å². The number of nitrogens with zero attached hydrogens (tertiary/aromatic N) is 4. The number of aromatic hydroxyl groups is 1. The minimum absolute atomic E-state index is 0.153. The molecule has 1 amide bonds. The van der Waals surface area contributed by atoms with Gasteiger partial charge in [-0.15, -0.1) is 11.3 Å². The van der Waals surface area contributed by atoms with Crippen molar-refractivity contribution >= 4 is 39.9 Å². The van der Waals surface area contributed by atoms with Gasteiger partial charge in [0.15, 0.2) is 0 Å². The van der Waals surface area contributed by atoms with Gasteiger partial charge in [0.05, 0.1) is 17.0 Å². The van der Waals surface area contributed by atoms with Gasteiger partial charge < -0.3 is 10.0 Å². The minimum atomic E-state index is -0.205. The van der Waals surface area contributed by atoms with Crippen LogP contribution in [0.3, 0.4) is 0 Å². The molecule has 1 aliphatic rings. The summed E-state index contributed by atoms with van der Waals surface area (Å²) in [6.45, 7) is 7.99. The van der Waals surface area contributed by atoms with Gasteiger partial charge in [0.1, 0.15) is 5.75 Å². The maximum atomic E-state index is 13.1. The number of aromatic nitrogens is 1. The Labute approximate surface area is 185 Å². The van der Waals surface area contributed by atoms with Gasteiger partial charge in [-0.05, 0) is 56.7 Å². The van der Waals surface area contributed by atoms with E-state index in [4.69, 9.17) is 0 Å². The van der Waals surface area contributed by atoms with Crippen LogP contribution in [-0.4, -0.2) is 34.8 Å². The van der Waals surface area contributed by atoms with Gasteiger partial charge in [0.25, 0.3) is 5.91 Å². The average molecular weight is 433 g/mol. The Morgan fingerprint density at radius 2 is 1.81 bits per heavy atom. The molecule has 0 saturated carbocycles. The number of rotatable bonds is 6. The Bertz CT molecular complexity index is 1160. The van der Waals surface area contributed by atoms with Crippen LogP contribution in [0.25, 0.3) is 17.3 Å². The van der Waals surface area contributed by atoms with Crippen LogP contribution in [0.2, 0.25) is 0 Å². The van der Waals surface area contributed by atoms with E-state index in [1.165, 1.54) is 16.3 Å². The number of phenolic OH excluding ortho intramolecular Hbond substituents is 1. The van der Waals surface area contributed by atoms with Crippen molar-refractivity contribution in [1.29, 1.82) is 0 Å². The van der Waals surface area contributed by atoms with Crippen molar-refractivity contribution in [3.05, 3.63) is 65.0 Å². The molecule has 0 radical (unpaired) electrons. The van der Waals surface area contributed by atoms with Crippen molar-refractivity contribution in [2.24, 2.45) is 5.10 Å². The van der Waals surface area contributed by atoms with E-state index in [0.717, 1.165) is 24.3 Å². The van der Waals surface area contributed by atoms with Crippen molar-refractivity contribution in [1.82, 2.24) is 4.98 Å². The molecule has 1 N–H and O–H groups in total. The molecule has 3 aromatic rings. The monoisotopic (exact) mass is 432 g/mol. The Balaban J connectivity index is 1.57. The molecule has 0 spiro atoms. The van der Waals surface area contributed by atoms with E-state index in [0.29, 0.717) is 27.7 Å². The Hall–Kier alpha value is -3.45. The fourth-order valence-electron chi connectivity index (χ4n) is 3.53. The van der Waals surface area contributed by atoms with Crippen molar-refractivity contribution in [2.75, 3.05) is 23.0 Å². The molecule has 0 aliphatic carbocycles. The first kappa shape index (κ1) is 20.8. The van der Waals surface area contributed by atoms with E-state index in [1.54, 1.807) is 18.2 Å². The Morgan fingerprint density at radius 1 is 1.10 bits per heavy atom. The average Bonchev–Trinajstić information content (AvgIpc) is 3.36. The highest BCUT2D eigenvalue weighted by atomic mass is 32.1. The highest BCUT2D eigenvalue weighted by molar-refractivity contribution is 7.14. The van der Waals surface area contributed by atoms with Crippen LogP contribution in [0.1, 0.15) is 26.3 Å². The van der Waals surface area contributed by atoms with Crippen LogP contribution in [0.15, 0.2) is 64.6 Å². The lowest BCUT2D eigenvalue weighted by Crippen LogP contribution is -2.21. The second-order valence-electron chi connectivity index (χ2n) is 7.16. The van der Waals surface area contributed by atoms with Crippen molar-refractivity contribution in [2.45, 2.75) is 20.8 Å². The second-order valence-corrected chi connectivity index (χ2v) is 7.99. The number of amides is 1. The van der Waals surface area contributed by atoms with E-state index in [9.17, 15) is 9.90 Å². The van der Waals surface area contributed by atoms with E-state index in [2.05, 4.69) is 41.0 Å². The van der Waals surface area contributed by atoms with E-state index >= 15 is 0 Å². The number of para-hydroxylation sites is 1. The number of phenols is 1. The molecule has 6 nitrogen and oxygen atoms in total. The third kappa shape index (κ3) is 4.09. The zero-order valence-electron chi connectivity index (χ0n) is 17.7. The molecule has 0 saturated heterocycles. The summed E-state index contributed by atoms with van der Waals surface area (Å²) < 4.78 is 0. The third-order valence-electron chi connectivity index (χ3n) is 5.25. The quantitative estimate of drug-likeness (QED) is 0.546. The first-order chi connectivity index (χ1) is 15.0. The summed E-state index contributed by atoms with van der Waals surface area (Å²) >= 11 is 1.32. The second kappa shape index (κ2) is 8.73. The first-order valence-electron chi connectivity index (χ1n) is 10.2. The molecule has 2 heterocycles. The molecular weight excluding hydrogens is 408 g/mol. The van der Waals surface area contributed by atoms with Crippen LogP contribution in [0, 0.1) is 0 Å². The number of hydrogen-bond donors (Lipinski definition) is 1. The molecule has 2 aromatic carbocycles. The van der Waals surface area contributed by atoms with Crippen LogP contribution in [0.4, 0.5) is 10.8 Å². The number of hydrazone groups is 1. The van der Waals surface area contributed by atoms with Crippen molar-refractivity contribution < 1.29 is 9.90 Å². The number of thiazole rings is 1. The molecule has 31 heavy (non-hydrogen) atoms. The highest BCUT2D eigenvalue weighted by Crippen LogP contribution is 2.34. The van der Waals surface area contributed by atoms with Gasteiger partial charge in [-0.2, -0.15) is 10.1 Å². The maximum absolute atomic E-state index is 13.1. The topological polar surface area (TPSA) is 69.0 Å². The maximum Gasteiger partial charge on any atom is 0.282 e. The van der Waals surface area contributed by atoms with Crippen molar-refractivity contribution in [3.8, 4) is 17.0 Å². The molecular formula is C24H24N4O2S. The van der Waals surface area contributed by atoms with E-state index in [1.807, 2.05) is 36.6 Å². The standard InChI is InChI=1S/C24H24N4O2S/c1-4-27(5-2)18-12-10-17(11-13-18)14-20-16(3)26-28(23(20)30)24-25-21(15-31-24)19-8-6-7-9-22(19)29/h6-15,29H,4-5H2,1-3H3. The predicted molar refractivity (Wildman–Crippen MR) is 128 cm³/mol. The summed E-state index contributed by atoms with van der Waals surface area (Å²) in [5.41, 5.74) is 4.55. The molecule has 7 heteroatoms. The van der Waals surface area contributed by atoms with Gasteiger partial charge in [0, 0.05) is 29.7 Å². The van der Waals surface area contributed by atoms with Crippen LogP contribution >= 0.6 is 11.3 Å². The normalized spacial score (nSPS) is 14.9. The van der Waals surface area contributed by atoms with E-state index < -0.39 is 0 Å². The SMILES string of the molecule is CCN(CC)c1ccc(C=C2C(=O)N(c3nc(-c4ccccc4O)cs3)N=C2C)cc1. The lowest BCUT2D eigenvalue weighted by Gasteiger charge is -2.20. The largest absolute Gasteiger partial charge is 0.507 e. The van der Waals surface area contributed by atoms with Crippen LogP contribution < -0.4 is 9.91 Å². The highest BCUT2D eigenvalue weighted by Gasteiger charge is 2.30. The summed E-state index contributed by atoms with van der Waals surface area (Å²) in [7, 11) is 0. The molecule has 0 atom stereocenters. The molecule has 0 fully saturated rings. The smallest absolute Gasteiger partial charge is 0.282 e. The molecule has 0 unspecified atom stereocenters. The summed E-state index contributed by atoms with van der Waals surface area (Å²) in [6.07, 6.45) is 1.87. The lowest BCUT2D eigenvalue weighted by molar-refractivity contribution is -0.114. The summed E-state index contributed by atoms with van der Waals surface area (Å²) in [6, 6.07) is 15.2. The number of anilines is 2. The number of benzene rings is 2. The molecule has 1 aliphatic heterocycles. The third-order valence-corrected chi connectivity index (χ3v) is 6.06. The molecule has 1 aromatic heterocycles. The van der Waals surface area contributed by atoms with Gasteiger partial charge in [0.2, 0.25) is 5.13 Å². The zero-order valence-corrected chi connectivity index (χ0v) is 18.6. The fourth-order valence-corrected chi connectivity index (χ4v) is 4.30. The summed E-state index contributed by atoms with van der Waals surface area (Å²) in [5.74, 6) is -0.0518. The molecule has 4 rings (SSSR count). The van der Waals surface area contributed by atoms with Gasteiger partial charge in [-0.3, -0.25) is 4.79 Å². The number of carbonyl (C=O) groups is 1. The zero-order chi connectivity index (χ0) is 22.0. The van der Waals surface area contributed by atoms with Gasteiger partial charge in [-0.25, -0.2) is 4.98 Å². The van der Waals surface area contributed by atoms with Gasteiger partial charge in [-0.1, -0.05) is 24.3 Å². The lowest BCUT2D eigenvalue weighted by atomic mass is 10.1. The summed E-state index contributed by atoms with van der Waals surface area (Å²) in [4.78, 5) is 19.9. The predicted octanol–water partition coefficient (Wildman–Crippen LogP) is 5.17. The minimum Gasteiger partial charge on any atom is -0.507 e. The molecule has 158 valence electrons. The first-order valence-corrected chi connectivity index (χ1v) is 11.1. The number of hydrogen-bond acceptors (Lipinski definition) is 6. The summed E-state index contributed by atoms with van der Waals surface area (Å²) in [5, 5.41) is 18.1.